The molecule has 0 saturated heterocycles. The van der Waals surface area contributed by atoms with E-state index in [9.17, 15) is 4.79 Å². The second-order valence-electron chi connectivity index (χ2n) is 8.71. The third kappa shape index (κ3) is 4.64. The van der Waals surface area contributed by atoms with Crippen molar-refractivity contribution in [2.75, 3.05) is 5.32 Å². The number of fused-ring (bicyclic) bond motifs is 1. The molecule has 0 bridgehead atoms. The maximum atomic E-state index is 12.8. The van der Waals surface area contributed by atoms with Crippen molar-refractivity contribution in [3.63, 3.8) is 0 Å². The molecule has 9 nitrogen and oxygen atoms in total. The molecule has 0 aliphatic carbocycles. The molecule has 1 unspecified atom stereocenters. The Kier molecular flexibility index (Phi) is 5.96. The van der Waals surface area contributed by atoms with Crippen molar-refractivity contribution in [3.8, 4) is 0 Å². The molecule has 3 aromatic rings. The van der Waals surface area contributed by atoms with Crippen LogP contribution in [-0.4, -0.2) is 30.4 Å². The van der Waals surface area contributed by atoms with E-state index in [1.807, 2.05) is 17.6 Å². The maximum Gasteiger partial charge on any atom is 0.267 e. The van der Waals surface area contributed by atoms with E-state index in [2.05, 4.69) is 63.6 Å². The minimum atomic E-state index is -0.185. The number of carbonyl (C=O) groups excluding carboxylic acids is 1. The molecule has 3 N–H and O–H groups in total. The molecule has 168 valence electrons. The van der Waals surface area contributed by atoms with Gasteiger partial charge in [0.15, 0.2) is 5.13 Å². The number of hydrogen-bond acceptors (Lipinski definition) is 8. The standard InChI is InChI=1S/C22H28N8OS/c1-6-30-12-27-16-10-23-15(7-17(16)30)19(31)28-13(2)18-11-26-21(32-18)29-14-8-24-20(25-9-14)22(3,4)5/h7-9,11-13,23H,6,10H2,1-5H3,(H,26,29)(H,28,31). The van der Waals surface area contributed by atoms with Gasteiger partial charge < -0.3 is 20.5 Å². The van der Waals surface area contributed by atoms with E-state index < -0.39 is 0 Å². The first-order valence-electron chi connectivity index (χ1n) is 10.6. The Bertz CT molecular complexity index is 1140. The van der Waals surface area contributed by atoms with Crippen molar-refractivity contribution < 1.29 is 4.79 Å². The van der Waals surface area contributed by atoms with Crippen LogP contribution in [0.1, 0.15) is 62.7 Å². The van der Waals surface area contributed by atoms with Gasteiger partial charge in [0.25, 0.3) is 5.91 Å². The lowest BCUT2D eigenvalue weighted by Gasteiger charge is -2.18. The summed E-state index contributed by atoms with van der Waals surface area (Å²) in [7, 11) is 0. The lowest BCUT2D eigenvalue weighted by molar-refractivity contribution is -0.118. The molecule has 1 atom stereocenters. The molecule has 1 amide bonds. The first-order chi connectivity index (χ1) is 15.2. The molecular formula is C22H28N8OS. The van der Waals surface area contributed by atoms with Crippen LogP contribution in [0, 0.1) is 0 Å². The highest BCUT2D eigenvalue weighted by Crippen LogP contribution is 2.27. The van der Waals surface area contributed by atoms with Crippen molar-refractivity contribution >= 4 is 34.1 Å². The third-order valence-electron chi connectivity index (χ3n) is 5.14. The molecule has 0 fully saturated rings. The van der Waals surface area contributed by atoms with E-state index in [0.717, 1.165) is 39.5 Å². The van der Waals surface area contributed by atoms with Crippen molar-refractivity contribution in [1.29, 1.82) is 0 Å². The van der Waals surface area contributed by atoms with E-state index in [0.29, 0.717) is 12.2 Å². The Morgan fingerprint density at radius 3 is 2.66 bits per heavy atom. The fourth-order valence-electron chi connectivity index (χ4n) is 3.29. The highest BCUT2D eigenvalue weighted by Gasteiger charge is 2.21. The summed E-state index contributed by atoms with van der Waals surface area (Å²) >= 11 is 1.48. The summed E-state index contributed by atoms with van der Waals surface area (Å²) < 4.78 is 2.03. The lowest BCUT2D eigenvalue weighted by Crippen LogP contribution is -2.34. The number of carbonyl (C=O) groups is 1. The number of aromatic nitrogens is 5. The number of rotatable bonds is 6. The zero-order valence-electron chi connectivity index (χ0n) is 18.9. The largest absolute Gasteiger partial charge is 0.375 e. The minimum Gasteiger partial charge on any atom is -0.375 e. The number of anilines is 2. The number of hydrogen-bond donors (Lipinski definition) is 3. The zero-order valence-corrected chi connectivity index (χ0v) is 19.7. The molecule has 32 heavy (non-hydrogen) atoms. The molecule has 4 rings (SSSR count). The van der Waals surface area contributed by atoms with Crippen LogP contribution in [0.5, 0.6) is 0 Å². The van der Waals surface area contributed by atoms with Gasteiger partial charge in [-0.05, 0) is 19.9 Å². The number of thiazole rings is 1. The van der Waals surface area contributed by atoms with Crippen LogP contribution in [0.4, 0.5) is 10.8 Å². The lowest BCUT2D eigenvalue weighted by atomic mass is 9.96. The van der Waals surface area contributed by atoms with Crippen LogP contribution in [0.2, 0.25) is 0 Å². The summed E-state index contributed by atoms with van der Waals surface area (Å²) in [5.74, 6) is 0.639. The summed E-state index contributed by atoms with van der Waals surface area (Å²) in [4.78, 5) is 31.4. The van der Waals surface area contributed by atoms with Crippen molar-refractivity contribution in [2.24, 2.45) is 0 Å². The molecule has 3 aromatic heterocycles. The van der Waals surface area contributed by atoms with Crippen LogP contribution in [0.25, 0.3) is 6.08 Å². The molecule has 0 aromatic carbocycles. The van der Waals surface area contributed by atoms with Crippen molar-refractivity contribution in [2.45, 2.75) is 59.2 Å². The zero-order chi connectivity index (χ0) is 22.9. The van der Waals surface area contributed by atoms with E-state index in [4.69, 9.17) is 0 Å². The fraction of sp³-hybridized carbons (Fsp3) is 0.409. The van der Waals surface area contributed by atoms with Crippen molar-refractivity contribution in [1.82, 2.24) is 35.1 Å². The summed E-state index contributed by atoms with van der Waals surface area (Å²) in [5.41, 5.74) is 3.15. The van der Waals surface area contributed by atoms with Gasteiger partial charge in [0.2, 0.25) is 0 Å². The summed E-state index contributed by atoms with van der Waals surface area (Å²) in [5, 5.41) is 10.2. The van der Waals surface area contributed by atoms with Gasteiger partial charge in [-0.15, -0.1) is 0 Å². The average Bonchev–Trinajstić information content (AvgIpc) is 3.39. The van der Waals surface area contributed by atoms with Crippen LogP contribution >= 0.6 is 11.3 Å². The van der Waals surface area contributed by atoms with Gasteiger partial charge in [-0.2, -0.15) is 0 Å². The molecule has 10 heteroatoms. The normalized spacial score (nSPS) is 14.2. The van der Waals surface area contributed by atoms with Crippen LogP contribution in [0.3, 0.4) is 0 Å². The van der Waals surface area contributed by atoms with Gasteiger partial charge >= 0.3 is 0 Å². The monoisotopic (exact) mass is 452 g/mol. The predicted octanol–water partition coefficient (Wildman–Crippen LogP) is 3.51. The highest BCUT2D eigenvalue weighted by molar-refractivity contribution is 7.15. The molecule has 1 aliphatic heterocycles. The van der Waals surface area contributed by atoms with Gasteiger partial charge in [-0.25, -0.2) is 19.9 Å². The number of amides is 1. The Morgan fingerprint density at radius 1 is 1.22 bits per heavy atom. The quantitative estimate of drug-likeness (QED) is 0.525. The van der Waals surface area contributed by atoms with E-state index in [1.54, 1.807) is 24.9 Å². The van der Waals surface area contributed by atoms with Gasteiger partial charge in [0.05, 0.1) is 48.4 Å². The van der Waals surface area contributed by atoms with Crippen LogP contribution < -0.4 is 16.0 Å². The Morgan fingerprint density at radius 2 is 1.97 bits per heavy atom. The second-order valence-corrected chi connectivity index (χ2v) is 9.77. The predicted molar refractivity (Wildman–Crippen MR) is 125 cm³/mol. The Balaban J connectivity index is 1.40. The Labute approximate surface area is 191 Å². The second kappa shape index (κ2) is 8.70. The van der Waals surface area contributed by atoms with Gasteiger partial charge in [-0.3, -0.25) is 4.79 Å². The number of aryl methyl sites for hydroxylation is 1. The van der Waals surface area contributed by atoms with Gasteiger partial charge in [-0.1, -0.05) is 32.1 Å². The van der Waals surface area contributed by atoms with Crippen LogP contribution in [0.15, 0.2) is 30.6 Å². The molecular weight excluding hydrogens is 424 g/mol. The van der Waals surface area contributed by atoms with Crippen molar-refractivity contribution in [3.05, 3.63) is 52.7 Å². The minimum absolute atomic E-state index is 0.0964. The molecule has 0 saturated carbocycles. The molecule has 0 radical (unpaired) electrons. The SMILES string of the molecule is CCn1cnc2c1C=C(C(=O)NC(C)c1cnc(Nc3cnc(C(C)(C)C)nc3)s1)NC2. The molecule has 4 heterocycles. The van der Waals surface area contributed by atoms with E-state index >= 15 is 0 Å². The highest BCUT2D eigenvalue weighted by atomic mass is 32.1. The van der Waals surface area contributed by atoms with E-state index in [1.165, 1.54) is 11.3 Å². The van der Waals surface area contributed by atoms with Gasteiger partial charge in [0.1, 0.15) is 11.5 Å². The number of nitrogens with one attached hydrogen (secondary N) is 3. The molecule has 0 spiro atoms. The summed E-state index contributed by atoms with van der Waals surface area (Å²) in [6.07, 6.45) is 8.96. The van der Waals surface area contributed by atoms with Crippen LogP contribution in [-0.2, 0) is 23.3 Å². The topological polar surface area (TPSA) is 110 Å². The number of nitrogens with zero attached hydrogens (tertiary/aromatic N) is 5. The average molecular weight is 453 g/mol. The number of imidazole rings is 1. The van der Waals surface area contributed by atoms with Gasteiger partial charge in [0, 0.05) is 23.0 Å². The molecule has 1 aliphatic rings. The fourth-order valence-corrected chi connectivity index (χ4v) is 4.13. The smallest absolute Gasteiger partial charge is 0.267 e. The Hall–Kier alpha value is -3.27. The summed E-state index contributed by atoms with van der Waals surface area (Å²) in [6, 6.07) is -0.185. The first kappa shape index (κ1) is 21.9. The van der Waals surface area contributed by atoms with E-state index in [-0.39, 0.29) is 17.4 Å². The summed E-state index contributed by atoms with van der Waals surface area (Å²) in [6.45, 7) is 11.6. The maximum absolute atomic E-state index is 12.8. The third-order valence-corrected chi connectivity index (χ3v) is 6.24. The first-order valence-corrected chi connectivity index (χ1v) is 11.4.